The Morgan fingerprint density at radius 3 is 1.98 bits per heavy atom. The van der Waals surface area contributed by atoms with Gasteiger partial charge in [-0.25, -0.2) is 0 Å². The summed E-state index contributed by atoms with van der Waals surface area (Å²) >= 11 is 0. The van der Waals surface area contributed by atoms with E-state index >= 15 is 0 Å². The van der Waals surface area contributed by atoms with Gasteiger partial charge in [-0.2, -0.15) is 0 Å². The molecule has 6 aromatic rings. The van der Waals surface area contributed by atoms with Crippen molar-refractivity contribution in [3.8, 4) is 23.0 Å². The fraction of sp³-hybridized carbons (Fsp3) is 0.100. The van der Waals surface area contributed by atoms with E-state index in [1.165, 1.54) is 0 Å². The summed E-state index contributed by atoms with van der Waals surface area (Å²) in [6, 6.07) is 35.0. The second-order valence-corrected chi connectivity index (χ2v) is 12.4. The molecule has 0 fully saturated rings. The van der Waals surface area contributed by atoms with Crippen molar-refractivity contribution < 1.29 is 33.6 Å². The second kappa shape index (κ2) is 11.8. The minimum atomic E-state index is -0.515. The maximum Gasteiger partial charge on any atom is 0.757 e. The van der Waals surface area contributed by atoms with Crippen molar-refractivity contribution in [2.45, 2.75) is 13.8 Å². The lowest BCUT2D eigenvalue weighted by atomic mass is 9.70. The zero-order valence-corrected chi connectivity index (χ0v) is 27.4. The highest BCUT2D eigenvalue weighted by Crippen LogP contribution is 2.45. The summed E-state index contributed by atoms with van der Waals surface area (Å²) in [4.78, 5) is 17.8. The van der Waals surface area contributed by atoms with Gasteiger partial charge in [0.15, 0.2) is 5.36 Å². The maximum atomic E-state index is 14.3. The first kappa shape index (κ1) is 29.9. The van der Waals surface area contributed by atoms with Crippen LogP contribution in [0.3, 0.4) is 0 Å². The number of carbonyl (C=O) groups is 1. The van der Waals surface area contributed by atoms with Crippen molar-refractivity contribution in [2.75, 3.05) is 18.4 Å². The number of benzene rings is 6. The molecule has 242 valence electrons. The van der Waals surface area contributed by atoms with E-state index in [1.807, 2.05) is 123 Å². The average Bonchev–Trinajstić information content (AvgIpc) is 3.14. The molecule has 2 heterocycles. The zero-order valence-electron chi connectivity index (χ0n) is 27.4. The molecule has 0 amide bonds. The molecule has 0 aromatic heterocycles. The lowest BCUT2D eigenvalue weighted by Crippen LogP contribution is -2.94. The van der Waals surface area contributed by atoms with Gasteiger partial charge in [0.25, 0.3) is 0 Å². The van der Waals surface area contributed by atoms with Gasteiger partial charge in [0.1, 0.15) is 28.8 Å². The average molecular weight is 657 g/mol. The first-order valence-electron chi connectivity index (χ1n) is 16.8. The number of hydrogen-bond donors (Lipinski definition) is 3. The van der Waals surface area contributed by atoms with Gasteiger partial charge in [-0.05, 0) is 72.5 Å². The predicted molar refractivity (Wildman–Crippen MR) is 196 cm³/mol. The van der Waals surface area contributed by atoms with Gasteiger partial charge in [0.2, 0.25) is 5.78 Å². The molecule has 0 atom stereocenters. The molecule has 3 aliphatic rings. The van der Waals surface area contributed by atoms with Crippen LogP contribution >= 0.6 is 0 Å². The third kappa shape index (κ3) is 4.70. The van der Waals surface area contributed by atoms with Gasteiger partial charge < -0.3 is 29.1 Å². The number of anilines is 1. The van der Waals surface area contributed by atoms with E-state index in [2.05, 4.69) is 10.1 Å². The van der Waals surface area contributed by atoms with E-state index in [9.17, 15) is 9.90 Å². The lowest BCUT2D eigenvalue weighted by molar-refractivity contribution is -0.359. The molecular weight excluding hydrogens is 626 g/mol. The number of allylic oxidation sites excluding steroid dienone is 2. The van der Waals surface area contributed by atoms with Crippen LogP contribution in [-0.2, 0) is 4.79 Å². The Bertz CT molecular complexity index is 2530. The summed E-state index contributed by atoms with van der Waals surface area (Å²) in [7, 11) is -1.03. The number of hydrogen-bond acceptors (Lipinski definition) is 7. The highest BCUT2D eigenvalue weighted by atomic mass is 16.5. The third-order valence-electron chi connectivity index (χ3n) is 9.51. The van der Waals surface area contributed by atoms with Gasteiger partial charge in [0.05, 0.1) is 35.0 Å². The summed E-state index contributed by atoms with van der Waals surface area (Å²) in [5.41, 5.74) is 3.69. The van der Waals surface area contributed by atoms with E-state index in [0.29, 0.717) is 35.5 Å². The molecule has 2 aliphatic heterocycles. The Hall–Kier alpha value is -6.15. The van der Waals surface area contributed by atoms with Crippen LogP contribution in [0.1, 0.15) is 19.4 Å². The minimum Gasteiger partial charge on any atom is -0.537 e. The highest BCUT2D eigenvalue weighted by molar-refractivity contribution is 6.72. The van der Waals surface area contributed by atoms with Crippen LogP contribution in [0.2, 0.25) is 0 Å². The van der Waals surface area contributed by atoms with E-state index < -0.39 is 14.1 Å². The van der Waals surface area contributed by atoms with Crippen molar-refractivity contribution in [3.63, 3.8) is 0 Å². The van der Waals surface area contributed by atoms with Crippen LogP contribution in [0.4, 0.5) is 5.69 Å². The van der Waals surface area contributed by atoms with Crippen molar-refractivity contribution >= 4 is 69.2 Å². The number of Topliss-reactive ketones (excluding diaryl/α,β-unsaturated/α-hetero) is 1. The fourth-order valence-corrected chi connectivity index (χ4v) is 7.20. The molecule has 50 heavy (non-hydrogen) atoms. The summed E-state index contributed by atoms with van der Waals surface area (Å²) in [6.07, 6.45) is 0. The number of aliphatic hydroxyl groups is 1. The molecular formula is C40H31B2N2O6+. The standard InChI is InChI=1S/C40H30B2N2O6/c1-3-47-27-17-13-25(14-18-27)41-43-37-29(21-11-23-7-5-9-31(49-41)33(23)37)35-39(45)36(40(35)46)30-22-12-24-8-6-10-32-34(24)38(30)44-42(50-32)26-15-19-28(20-16-26)48-4-2/h5-22,43,45H,3-4H2,1-2H3/p+1. The predicted octanol–water partition coefficient (Wildman–Crippen LogP) is 3.18. The van der Waals surface area contributed by atoms with Crippen molar-refractivity contribution in [1.82, 2.24) is 0 Å². The number of aliphatic hydroxyl groups excluding tert-OH is 1. The Morgan fingerprint density at radius 2 is 1.32 bits per heavy atom. The monoisotopic (exact) mass is 657 g/mol. The van der Waals surface area contributed by atoms with E-state index in [0.717, 1.165) is 55.0 Å². The first-order chi connectivity index (χ1) is 24.5. The van der Waals surface area contributed by atoms with Gasteiger partial charge in [0, 0.05) is 22.1 Å². The fourth-order valence-electron chi connectivity index (χ4n) is 7.20. The quantitative estimate of drug-likeness (QED) is 0.227. The summed E-state index contributed by atoms with van der Waals surface area (Å²) in [6.45, 7) is 5.06. The topological polar surface area (TPSA) is 100 Å². The van der Waals surface area contributed by atoms with Crippen molar-refractivity contribution in [2.24, 2.45) is 0 Å². The third-order valence-corrected chi connectivity index (χ3v) is 9.51. The van der Waals surface area contributed by atoms with Crippen molar-refractivity contribution in [3.05, 3.63) is 131 Å². The molecule has 1 aliphatic carbocycles. The smallest absolute Gasteiger partial charge is 0.537 e. The van der Waals surface area contributed by atoms with Crippen LogP contribution in [0.5, 0.6) is 23.0 Å². The number of ketones is 1. The Balaban J connectivity index is 1.18. The zero-order chi connectivity index (χ0) is 33.9. The molecule has 0 saturated carbocycles. The Kier molecular flexibility index (Phi) is 7.05. The lowest BCUT2D eigenvalue weighted by Gasteiger charge is -2.30. The first-order valence-corrected chi connectivity index (χ1v) is 16.8. The van der Waals surface area contributed by atoms with E-state index in [4.69, 9.17) is 18.8 Å². The number of carbonyl (C=O) groups excluding carboxylic acids is 1. The minimum absolute atomic E-state index is 0.0482. The Labute approximate surface area is 288 Å². The van der Waals surface area contributed by atoms with Gasteiger partial charge in [-0.3, -0.25) is 9.70 Å². The van der Waals surface area contributed by atoms with Gasteiger partial charge in [-0.15, -0.1) is 0 Å². The molecule has 0 unspecified atom stereocenters. The maximum absolute atomic E-state index is 14.3. The summed E-state index contributed by atoms with van der Waals surface area (Å²) in [5.74, 6) is 2.67. The van der Waals surface area contributed by atoms with Crippen molar-refractivity contribution in [1.29, 1.82) is 0 Å². The van der Waals surface area contributed by atoms with E-state index in [1.54, 1.807) is 0 Å². The molecule has 6 aromatic carbocycles. The molecule has 0 radical (unpaired) electrons. The number of nitrogens with one attached hydrogen (secondary N) is 2. The normalized spacial score (nSPS) is 15.6. The summed E-state index contributed by atoms with van der Waals surface area (Å²) < 4.78 is 24.1. The number of ether oxygens (including phenoxy) is 2. The summed E-state index contributed by atoms with van der Waals surface area (Å²) in [5, 5.41) is 20.3. The van der Waals surface area contributed by atoms with Crippen LogP contribution in [0.25, 0.3) is 32.7 Å². The molecule has 0 saturated heterocycles. The highest BCUT2D eigenvalue weighted by Gasteiger charge is 2.41. The van der Waals surface area contributed by atoms with Crippen LogP contribution < -0.4 is 50.4 Å². The SMILES string of the molecule is CCOc1ccc(B2Nc3c(C4=C(O)C(=c5ccc6cccc7c6c5=[NH+]B(c5ccc(OCC)cc5)O7)C4=O)ccc4cccc(c34)O2)cc1. The van der Waals surface area contributed by atoms with E-state index in [-0.39, 0.29) is 22.7 Å². The largest absolute Gasteiger partial charge is 0.757 e. The molecule has 9 rings (SSSR count). The molecule has 0 bridgehead atoms. The second-order valence-electron chi connectivity index (χ2n) is 12.4. The van der Waals surface area contributed by atoms with Gasteiger partial charge >= 0.3 is 14.1 Å². The molecule has 8 nitrogen and oxygen atoms in total. The Morgan fingerprint density at radius 1 is 0.700 bits per heavy atom. The molecule has 10 heteroatoms. The van der Waals surface area contributed by atoms with Crippen LogP contribution in [0.15, 0.2) is 115 Å². The number of rotatable bonds is 7. The van der Waals surface area contributed by atoms with Crippen LogP contribution in [0, 0.1) is 0 Å². The molecule has 3 N–H and O–H groups in total. The van der Waals surface area contributed by atoms with Gasteiger partial charge in [-0.1, -0.05) is 66.7 Å². The molecule has 0 spiro atoms. The van der Waals surface area contributed by atoms with Crippen LogP contribution in [-0.4, -0.2) is 38.2 Å².